The number of methoxy groups -OCH3 is 1. The third-order valence-electron chi connectivity index (χ3n) is 5.51. The summed E-state index contributed by atoms with van der Waals surface area (Å²) in [6.07, 6.45) is 1.72. The molecule has 2 aromatic heterocycles. The van der Waals surface area contributed by atoms with Gasteiger partial charge >= 0.3 is 0 Å². The maximum absolute atomic E-state index is 14.0. The number of thiazole rings is 1. The minimum atomic E-state index is -0.212. The molecule has 3 aromatic carbocycles. The molecule has 0 bridgehead atoms. The molecule has 0 saturated heterocycles. The van der Waals surface area contributed by atoms with Gasteiger partial charge < -0.3 is 4.74 Å². The summed E-state index contributed by atoms with van der Waals surface area (Å²) >= 11 is 7.85. The van der Waals surface area contributed by atoms with Gasteiger partial charge in [0, 0.05) is 6.20 Å². The minimum Gasteiger partial charge on any atom is -0.496 e. The van der Waals surface area contributed by atoms with Crippen LogP contribution in [0.25, 0.3) is 21.0 Å². The molecule has 33 heavy (non-hydrogen) atoms. The first-order chi connectivity index (χ1) is 16.0. The van der Waals surface area contributed by atoms with E-state index in [1.807, 2.05) is 73.7 Å². The van der Waals surface area contributed by atoms with E-state index in [9.17, 15) is 4.79 Å². The van der Waals surface area contributed by atoms with Crippen molar-refractivity contribution in [2.45, 2.75) is 13.5 Å². The molecular formula is C26H20ClN3O2S. The Hall–Kier alpha value is -3.48. The number of anilines is 1. The molecule has 0 aliphatic rings. The molecule has 1 amide bonds. The Kier molecular flexibility index (Phi) is 5.70. The number of hydrogen-bond acceptors (Lipinski definition) is 5. The molecule has 0 saturated carbocycles. The molecule has 0 radical (unpaired) electrons. The standard InChI is InChI=1S/C26H20ClN3O2S/c1-16-10-11-21(27)24-23(16)29-26(33-24)30(15-19-9-5-6-12-28-19)25(31)20-13-17-7-3-4-8-18(17)14-22(20)32-2/h3-14H,15H2,1-2H3. The average molecular weight is 474 g/mol. The number of carbonyl (C=O) groups excluding carboxylic acids is 1. The number of nitrogens with zero attached hydrogens (tertiary/aromatic N) is 3. The zero-order chi connectivity index (χ0) is 22.9. The van der Waals surface area contributed by atoms with Crippen LogP contribution in [0.15, 0.2) is 72.9 Å². The highest BCUT2D eigenvalue weighted by atomic mass is 35.5. The SMILES string of the molecule is COc1cc2ccccc2cc1C(=O)N(Cc1ccccn1)c1nc2c(C)ccc(Cl)c2s1. The predicted molar refractivity (Wildman–Crippen MR) is 135 cm³/mol. The molecular weight excluding hydrogens is 454 g/mol. The Bertz CT molecular complexity index is 1440. The van der Waals surface area contributed by atoms with Crippen LogP contribution in [-0.4, -0.2) is 23.0 Å². The maximum atomic E-state index is 14.0. The van der Waals surface area contributed by atoms with Crippen LogP contribution in [0.3, 0.4) is 0 Å². The lowest BCUT2D eigenvalue weighted by atomic mass is 10.0. The van der Waals surface area contributed by atoms with E-state index >= 15 is 0 Å². The van der Waals surface area contributed by atoms with E-state index in [1.165, 1.54) is 11.3 Å². The summed E-state index contributed by atoms with van der Waals surface area (Å²) < 4.78 is 6.46. The lowest BCUT2D eigenvalue weighted by Crippen LogP contribution is -2.31. The number of amides is 1. The fraction of sp³-hybridized carbons (Fsp3) is 0.115. The topological polar surface area (TPSA) is 55.3 Å². The number of halogens is 1. The monoisotopic (exact) mass is 473 g/mol. The van der Waals surface area contributed by atoms with E-state index < -0.39 is 0 Å². The third-order valence-corrected chi connectivity index (χ3v) is 7.05. The van der Waals surface area contributed by atoms with Crippen LogP contribution < -0.4 is 9.64 Å². The summed E-state index contributed by atoms with van der Waals surface area (Å²) in [7, 11) is 1.57. The summed E-state index contributed by atoms with van der Waals surface area (Å²) in [4.78, 5) is 24.9. The van der Waals surface area contributed by atoms with Crippen molar-refractivity contribution in [2.75, 3.05) is 12.0 Å². The molecule has 0 unspecified atom stereocenters. The van der Waals surface area contributed by atoms with Gasteiger partial charge in [-0.25, -0.2) is 4.98 Å². The zero-order valence-corrected chi connectivity index (χ0v) is 19.7. The number of hydrogen-bond donors (Lipinski definition) is 0. The van der Waals surface area contributed by atoms with Crippen molar-refractivity contribution in [3.63, 3.8) is 0 Å². The van der Waals surface area contributed by atoms with Crippen LogP contribution in [0, 0.1) is 6.92 Å². The van der Waals surface area contributed by atoms with Gasteiger partial charge in [0.15, 0.2) is 5.13 Å². The summed E-state index contributed by atoms with van der Waals surface area (Å²) in [6.45, 7) is 2.26. The van der Waals surface area contributed by atoms with Crippen LogP contribution in [0.4, 0.5) is 5.13 Å². The van der Waals surface area contributed by atoms with Gasteiger partial charge in [0.1, 0.15) is 5.75 Å². The van der Waals surface area contributed by atoms with Crippen molar-refractivity contribution in [3.8, 4) is 5.75 Å². The van der Waals surface area contributed by atoms with Crippen molar-refractivity contribution in [2.24, 2.45) is 0 Å². The third kappa shape index (κ3) is 4.03. The number of rotatable bonds is 5. The molecule has 2 heterocycles. The number of benzene rings is 3. The fourth-order valence-corrected chi connectivity index (χ4v) is 5.10. The van der Waals surface area contributed by atoms with Crippen molar-refractivity contribution in [1.82, 2.24) is 9.97 Å². The smallest absolute Gasteiger partial charge is 0.264 e. The Morgan fingerprint density at radius 1 is 1.06 bits per heavy atom. The lowest BCUT2D eigenvalue weighted by molar-refractivity contribution is 0.0982. The first kappa shape index (κ1) is 21.4. The van der Waals surface area contributed by atoms with Crippen molar-refractivity contribution >= 4 is 55.0 Å². The number of carbonyl (C=O) groups is 1. The van der Waals surface area contributed by atoms with E-state index in [0.717, 1.165) is 32.2 Å². The molecule has 5 nitrogen and oxygen atoms in total. The van der Waals surface area contributed by atoms with Gasteiger partial charge in [-0.3, -0.25) is 14.7 Å². The van der Waals surface area contributed by atoms with Crippen LogP contribution >= 0.6 is 22.9 Å². The first-order valence-electron chi connectivity index (χ1n) is 10.4. The van der Waals surface area contributed by atoms with E-state index in [-0.39, 0.29) is 12.5 Å². The van der Waals surface area contributed by atoms with E-state index in [4.69, 9.17) is 21.3 Å². The molecule has 0 atom stereocenters. The highest BCUT2D eigenvalue weighted by Gasteiger charge is 2.26. The molecule has 0 aliphatic carbocycles. The van der Waals surface area contributed by atoms with Crippen molar-refractivity contribution in [1.29, 1.82) is 0 Å². The second-order valence-corrected chi connectivity index (χ2v) is 9.04. The second-order valence-electron chi connectivity index (χ2n) is 7.65. The summed E-state index contributed by atoms with van der Waals surface area (Å²) in [5, 5.41) is 3.15. The molecule has 0 N–H and O–H groups in total. The highest BCUT2D eigenvalue weighted by molar-refractivity contribution is 7.23. The number of aromatic nitrogens is 2. The first-order valence-corrected chi connectivity index (χ1v) is 11.6. The Balaban J connectivity index is 1.66. The number of fused-ring (bicyclic) bond motifs is 2. The molecule has 164 valence electrons. The van der Waals surface area contributed by atoms with Gasteiger partial charge in [0.2, 0.25) is 0 Å². The van der Waals surface area contributed by atoms with E-state index in [1.54, 1.807) is 18.2 Å². The summed E-state index contributed by atoms with van der Waals surface area (Å²) in [5.74, 6) is 0.302. The normalized spacial score (nSPS) is 11.1. The summed E-state index contributed by atoms with van der Waals surface area (Å²) in [6, 6.07) is 21.1. The van der Waals surface area contributed by atoms with Gasteiger partial charge in [0.25, 0.3) is 5.91 Å². The van der Waals surface area contributed by atoms with Crippen LogP contribution in [0.1, 0.15) is 21.6 Å². The average Bonchev–Trinajstić information content (AvgIpc) is 3.31. The van der Waals surface area contributed by atoms with E-state index in [0.29, 0.717) is 21.5 Å². The van der Waals surface area contributed by atoms with Gasteiger partial charge in [-0.1, -0.05) is 59.3 Å². The second kappa shape index (κ2) is 8.81. The van der Waals surface area contributed by atoms with Crippen LogP contribution in [0.5, 0.6) is 5.75 Å². The maximum Gasteiger partial charge on any atom is 0.264 e. The van der Waals surface area contributed by atoms with Crippen LogP contribution in [0.2, 0.25) is 5.02 Å². The largest absolute Gasteiger partial charge is 0.496 e. The van der Waals surface area contributed by atoms with Crippen molar-refractivity contribution in [3.05, 3.63) is 94.8 Å². The van der Waals surface area contributed by atoms with Crippen LogP contribution in [-0.2, 0) is 6.54 Å². The number of aryl methyl sites for hydroxylation is 1. The Morgan fingerprint density at radius 3 is 2.52 bits per heavy atom. The minimum absolute atomic E-state index is 0.212. The number of pyridine rings is 1. The molecule has 0 aliphatic heterocycles. The quantitative estimate of drug-likeness (QED) is 0.286. The number of ether oxygens (including phenoxy) is 1. The van der Waals surface area contributed by atoms with E-state index in [2.05, 4.69) is 4.98 Å². The Labute approximate surface area is 200 Å². The van der Waals surface area contributed by atoms with Gasteiger partial charge in [0.05, 0.1) is 40.2 Å². The molecule has 7 heteroatoms. The van der Waals surface area contributed by atoms with Gasteiger partial charge in [-0.2, -0.15) is 0 Å². The molecule has 5 aromatic rings. The highest BCUT2D eigenvalue weighted by Crippen LogP contribution is 2.37. The Morgan fingerprint density at radius 2 is 1.82 bits per heavy atom. The fourth-order valence-electron chi connectivity index (χ4n) is 3.79. The van der Waals surface area contributed by atoms with Gasteiger partial charge in [-0.15, -0.1) is 0 Å². The lowest BCUT2D eigenvalue weighted by Gasteiger charge is -2.21. The van der Waals surface area contributed by atoms with Gasteiger partial charge in [-0.05, 0) is 53.6 Å². The zero-order valence-electron chi connectivity index (χ0n) is 18.1. The van der Waals surface area contributed by atoms with Crippen molar-refractivity contribution < 1.29 is 9.53 Å². The molecule has 0 spiro atoms. The molecule has 5 rings (SSSR count). The summed E-state index contributed by atoms with van der Waals surface area (Å²) in [5.41, 5.74) is 3.03. The molecule has 0 fully saturated rings. The predicted octanol–water partition coefficient (Wildman–Crippen LogP) is 6.66.